The van der Waals surface area contributed by atoms with Gasteiger partial charge in [-0.2, -0.15) is 0 Å². The molecule has 2 aromatic rings. The maximum absolute atomic E-state index is 13.4. The van der Waals surface area contributed by atoms with E-state index in [1.165, 1.54) is 0 Å². The number of benzene rings is 2. The summed E-state index contributed by atoms with van der Waals surface area (Å²) in [7, 11) is 1.82. The van der Waals surface area contributed by atoms with E-state index in [4.69, 9.17) is 4.74 Å². The molecule has 4 heteroatoms. The van der Waals surface area contributed by atoms with Crippen molar-refractivity contribution >= 4 is 17.6 Å². The lowest BCUT2D eigenvalue weighted by atomic mass is 9.72. The number of amides is 1. The van der Waals surface area contributed by atoms with Crippen molar-refractivity contribution in [3.05, 3.63) is 65.7 Å². The van der Waals surface area contributed by atoms with Crippen LogP contribution in [-0.2, 0) is 19.7 Å². The molecule has 1 unspecified atom stereocenters. The van der Waals surface area contributed by atoms with Crippen molar-refractivity contribution in [2.75, 3.05) is 18.6 Å². The van der Waals surface area contributed by atoms with Gasteiger partial charge in [0.15, 0.2) is 0 Å². The van der Waals surface area contributed by atoms with Crippen LogP contribution in [0.5, 0.6) is 0 Å². The van der Waals surface area contributed by atoms with Gasteiger partial charge in [0.2, 0.25) is 5.91 Å². The lowest BCUT2D eigenvalue weighted by Crippen LogP contribution is -2.40. The van der Waals surface area contributed by atoms with Gasteiger partial charge in [-0.25, -0.2) is 0 Å². The predicted octanol–water partition coefficient (Wildman–Crippen LogP) is 4.32. The van der Waals surface area contributed by atoms with Crippen LogP contribution >= 0.6 is 0 Å². The van der Waals surface area contributed by atoms with E-state index in [0.717, 1.165) is 16.8 Å². The van der Waals surface area contributed by atoms with Gasteiger partial charge >= 0.3 is 5.97 Å². The van der Waals surface area contributed by atoms with E-state index in [2.05, 4.69) is 0 Å². The molecule has 1 amide bonds. The zero-order valence-corrected chi connectivity index (χ0v) is 16.5. The van der Waals surface area contributed by atoms with E-state index < -0.39 is 10.8 Å². The Kier molecular flexibility index (Phi) is 5.09. The first-order valence-corrected chi connectivity index (χ1v) is 9.39. The normalized spacial score (nSPS) is 19.1. The third-order valence-corrected chi connectivity index (χ3v) is 5.20. The number of ether oxygens (including phenoxy) is 1. The molecular weight excluding hydrogens is 338 g/mol. The van der Waals surface area contributed by atoms with E-state index in [1.54, 1.807) is 4.90 Å². The number of hydrogen-bond acceptors (Lipinski definition) is 3. The van der Waals surface area contributed by atoms with Crippen molar-refractivity contribution in [1.29, 1.82) is 0 Å². The molecule has 27 heavy (non-hydrogen) atoms. The van der Waals surface area contributed by atoms with E-state index in [-0.39, 0.29) is 11.9 Å². The lowest BCUT2D eigenvalue weighted by molar-refractivity contribution is -0.153. The quantitative estimate of drug-likeness (QED) is 0.586. The van der Waals surface area contributed by atoms with Gasteiger partial charge in [-0.05, 0) is 50.8 Å². The topological polar surface area (TPSA) is 46.6 Å². The summed E-state index contributed by atoms with van der Waals surface area (Å²) in [4.78, 5) is 27.2. The second kappa shape index (κ2) is 7.18. The van der Waals surface area contributed by atoms with Crippen LogP contribution in [0.15, 0.2) is 54.6 Å². The van der Waals surface area contributed by atoms with Gasteiger partial charge in [0.25, 0.3) is 0 Å². The highest BCUT2D eigenvalue weighted by atomic mass is 16.5. The molecule has 0 bridgehead atoms. The first kappa shape index (κ1) is 19.2. The summed E-state index contributed by atoms with van der Waals surface area (Å²) in [5, 5.41) is 0. The van der Waals surface area contributed by atoms with Gasteiger partial charge in [0.1, 0.15) is 5.41 Å². The second-order valence-corrected chi connectivity index (χ2v) is 8.14. The average molecular weight is 365 g/mol. The van der Waals surface area contributed by atoms with Crippen LogP contribution in [0.1, 0.15) is 44.7 Å². The Balaban J connectivity index is 1.90. The fourth-order valence-corrected chi connectivity index (χ4v) is 3.74. The average Bonchev–Trinajstić information content (AvgIpc) is 2.88. The van der Waals surface area contributed by atoms with E-state index in [9.17, 15) is 9.59 Å². The Hall–Kier alpha value is -2.62. The van der Waals surface area contributed by atoms with Gasteiger partial charge in [-0.15, -0.1) is 0 Å². The number of fused-ring (bicyclic) bond motifs is 1. The minimum atomic E-state index is -0.735. The minimum Gasteiger partial charge on any atom is -0.465 e. The van der Waals surface area contributed by atoms with E-state index >= 15 is 0 Å². The van der Waals surface area contributed by atoms with Gasteiger partial charge < -0.3 is 9.64 Å². The van der Waals surface area contributed by atoms with Crippen LogP contribution in [0.4, 0.5) is 5.69 Å². The zero-order valence-electron chi connectivity index (χ0n) is 16.5. The van der Waals surface area contributed by atoms with Gasteiger partial charge in [0, 0.05) is 12.7 Å². The highest BCUT2D eigenvalue weighted by Gasteiger charge is 2.50. The van der Waals surface area contributed by atoms with Crippen molar-refractivity contribution in [2.24, 2.45) is 5.41 Å². The molecule has 0 radical (unpaired) electrons. The highest BCUT2D eigenvalue weighted by molar-refractivity contribution is 6.10. The molecule has 0 aliphatic carbocycles. The fraction of sp³-hybridized carbons (Fsp3) is 0.391. The standard InChI is InChI=1S/C23H27NO3/c1-22(2,3)21(26)27-16-10-15-23(17-11-6-5-7-12-17)18-13-8-9-14-19(18)24(4)20(23)25/h5-9,11-14H,10,15-16H2,1-4H3. The van der Waals surface area contributed by atoms with E-state index in [0.29, 0.717) is 19.4 Å². The molecule has 1 heterocycles. The molecule has 142 valence electrons. The Labute approximate surface area is 161 Å². The zero-order chi connectivity index (χ0) is 19.7. The fourth-order valence-electron chi connectivity index (χ4n) is 3.74. The molecule has 1 aliphatic heterocycles. The van der Waals surface area contributed by atoms with Crippen molar-refractivity contribution < 1.29 is 14.3 Å². The molecule has 1 atom stereocenters. The minimum absolute atomic E-state index is 0.0667. The van der Waals surface area contributed by atoms with E-state index in [1.807, 2.05) is 82.4 Å². The number of nitrogens with zero attached hydrogens (tertiary/aromatic N) is 1. The summed E-state index contributed by atoms with van der Waals surface area (Å²) in [6.07, 6.45) is 1.21. The number of carbonyl (C=O) groups excluding carboxylic acids is 2. The van der Waals surface area contributed by atoms with Crippen molar-refractivity contribution in [3.63, 3.8) is 0 Å². The lowest BCUT2D eigenvalue weighted by Gasteiger charge is -2.29. The maximum Gasteiger partial charge on any atom is 0.311 e. The van der Waals surface area contributed by atoms with Crippen LogP contribution in [-0.4, -0.2) is 25.5 Å². The highest BCUT2D eigenvalue weighted by Crippen LogP contribution is 2.48. The molecule has 2 aromatic carbocycles. The maximum atomic E-state index is 13.4. The monoisotopic (exact) mass is 365 g/mol. The summed E-state index contributed by atoms with van der Waals surface area (Å²) in [5.74, 6) is -0.149. The number of para-hydroxylation sites is 1. The molecule has 0 spiro atoms. The number of rotatable bonds is 5. The Morgan fingerprint density at radius 1 is 1.04 bits per heavy atom. The van der Waals surface area contributed by atoms with Gasteiger partial charge in [0.05, 0.1) is 12.0 Å². The molecule has 0 N–H and O–H groups in total. The summed E-state index contributed by atoms with van der Waals surface area (Å²) >= 11 is 0. The molecule has 0 aromatic heterocycles. The van der Waals surface area contributed by atoms with Crippen LogP contribution < -0.4 is 4.90 Å². The number of likely N-dealkylation sites (N-methyl/N-ethyl adjacent to an activating group) is 1. The number of hydrogen-bond donors (Lipinski definition) is 0. The molecule has 4 nitrogen and oxygen atoms in total. The number of carbonyl (C=O) groups is 2. The molecular formula is C23H27NO3. The molecule has 0 saturated carbocycles. The number of esters is 1. The second-order valence-electron chi connectivity index (χ2n) is 8.14. The molecule has 1 aliphatic rings. The summed E-state index contributed by atoms with van der Waals surface area (Å²) in [6, 6.07) is 17.8. The third-order valence-electron chi connectivity index (χ3n) is 5.20. The Morgan fingerprint density at radius 3 is 2.33 bits per heavy atom. The Morgan fingerprint density at radius 2 is 1.67 bits per heavy atom. The number of anilines is 1. The molecule has 0 saturated heterocycles. The van der Waals surface area contributed by atoms with Crippen LogP contribution in [0.3, 0.4) is 0 Å². The van der Waals surface area contributed by atoms with Crippen LogP contribution in [0, 0.1) is 5.41 Å². The van der Waals surface area contributed by atoms with Crippen LogP contribution in [0.2, 0.25) is 0 Å². The predicted molar refractivity (Wildman–Crippen MR) is 107 cm³/mol. The van der Waals surface area contributed by atoms with Crippen LogP contribution in [0.25, 0.3) is 0 Å². The van der Waals surface area contributed by atoms with Crippen molar-refractivity contribution in [3.8, 4) is 0 Å². The summed E-state index contributed by atoms with van der Waals surface area (Å²) < 4.78 is 5.43. The largest absolute Gasteiger partial charge is 0.465 e. The smallest absolute Gasteiger partial charge is 0.311 e. The first-order chi connectivity index (χ1) is 12.8. The van der Waals surface area contributed by atoms with Crippen molar-refractivity contribution in [2.45, 2.75) is 39.0 Å². The molecule has 3 rings (SSSR count). The third kappa shape index (κ3) is 3.36. The summed E-state index contributed by atoms with van der Waals surface area (Å²) in [5.41, 5.74) is 1.69. The SMILES string of the molecule is CN1C(=O)C(CCCOC(=O)C(C)(C)C)(c2ccccc2)c2ccccc21. The van der Waals surface area contributed by atoms with Crippen molar-refractivity contribution in [1.82, 2.24) is 0 Å². The molecule has 0 fully saturated rings. The van der Waals surface area contributed by atoms with Gasteiger partial charge in [-0.1, -0.05) is 48.5 Å². The Bertz CT molecular complexity index is 838. The first-order valence-electron chi connectivity index (χ1n) is 9.39. The van der Waals surface area contributed by atoms with Gasteiger partial charge in [-0.3, -0.25) is 9.59 Å². The summed E-state index contributed by atoms with van der Waals surface area (Å²) in [6.45, 7) is 5.83.